The first-order valence-electron chi connectivity index (χ1n) is 15.4. The lowest BCUT2D eigenvalue weighted by atomic mass is 9.82. The van der Waals surface area contributed by atoms with Gasteiger partial charge in [-0.3, -0.25) is 0 Å². The van der Waals surface area contributed by atoms with E-state index in [1.165, 1.54) is 66.7 Å². The molecule has 7 aromatic carbocycles. The molecule has 0 fully saturated rings. The van der Waals surface area contributed by atoms with Gasteiger partial charge in [0.15, 0.2) is 0 Å². The van der Waals surface area contributed by atoms with E-state index in [2.05, 4.69) is 183 Å². The maximum absolute atomic E-state index is 2.51. The molecule has 1 aliphatic rings. The molecule has 0 aromatic heterocycles. The van der Waals surface area contributed by atoms with Crippen molar-refractivity contribution in [2.45, 2.75) is 19.3 Å². The van der Waals surface area contributed by atoms with E-state index >= 15 is 0 Å². The smallest absolute Gasteiger partial charge is 0.0543 e. The van der Waals surface area contributed by atoms with Crippen LogP contribution in [0.3, 0.4) is 0 Å². The summed E-state index contributed by atoms with van der Waals surface area (Å²) in [4.78, 5) is 2.51. The molecule has 0 saturated carbocycles. The molecule has 1 heteroatoms. The molecular weight excluding hydrogens is 530 g/mol. The monoisotopic (exact) mass is 563 g/mol. The number of para-hydroxylation sites is 1. The van der Waals surface area contributed by atoms with Gasteiger partial charge in [0.1, 0.15) is 0 Å². The van der Waals surface area contributed by atoms with E-state index < -0.39 is 0 Å². The van der Waals surface area contributed by atoms with Crippen molar-refractivity contribution in [3.05, 3.63) is 175 Å². The van der Waals surface area contributed by atoms with E-state index in [4.69, 9.17) is 0 Å². The first-order chi connectivity index (χ1) is 21.6. The first-order valence-corrected chi connectivity index (χ1v) is 15.4. The summed E-state index contributed by atoms with van der Waals surface area (Å²) in [6, 6.07) is 59.6. The summed E-state index contributed by atoms with van der Waals surface area (Å²) in [5, 5.41) is 2.45. The molecule has 0 spiro atoms. The Bertz CT molecular complexity index is 2150. The standard InChI is InChI=1S/C43H33N/c1-43(2)37-25-12-10-24-36(37)42-38(43)26-15-29-41(42)44(39-28-14-19-31-18-6-7-21-33(31)39)40-27-13-11-23-35(40)34-22-9-8-20-32(34)30-16-4-3-5-17-30/h3-29H,1-2H3. The van der Waals surface area contributed by atoms with Crippen molar-refractivity contribution in [2.75, 3.05) is 4.90 Å². The van der Waals surface area contributed by atoms with Crippen LogP contribution in [0.1, 0.15) is 25.0 Å². The Morgan fingerprint density at radius 2 is 0.932 bits per heavy atom. The number of fused-ring (bicyclic) bond motifs is 4. The topological polar surface area (TPSA) is 3.24 Å². The van der Waals surface area contributed by atoms with Gasteiger partial charge in [0.05, 0.1) is 17.1 Å². The summed E-state index contributed by atoms with van der Waals surface area (Å²) < 4.78 is 0. The molecule has 0 amide bonds. The molecule has 0 bridgehead atoms. The molecule has 0 N–H and O–H groups in total. The Morgan fingerprint density at radius 3 is 1.77 bits per heavy atom. The number of nitrogens with zero attached hydrogens (tertiary/aromatic N) is 1. The zero-order valence-electron chi connectivity index (χ0n) is 25.0. The highest BCUT2D eigenvalue weighted by Gasteiger charge is 2.38. The summed E-state index contributed by atoms with van der Waals surface area (Å²) in [5.41, 5.74) is 13.7. The molecule has 0 radical (unpaired) electrons. The van der Waals surface area contributed by atoms with Crippen LogP contribution in [0.15, 0.2) is 164 Å². The van der Waals surface area contributed by atoms with Crippen LogP contribution in [0.4, 0.5) is 17.1 Å². The number of hydrogen-bond donors (Lipinski definition) is 0. The van der Waals surface area contributed by atoms with Gasteiger partial charge in [0, 0.05) is 21.9 Å². The van der Waals surface area contributed by atoms with Crippen molar-refractivity contribution in [2.24, 2.45) is 0 Å². The van der Waals surface area contributed by atoms with Gasteiger partial charge in [-0.1, -0.05) is 159 Å². The van der Waals surface area contributed by atoms with Gasteiger partial charge >= 0.3 is 0 Å². The molecule has 44 heavy (non-hydrogen) atoms. The van der Waals surface area contributed by atoms with Crippen LogP contribution < -0.4 is 4.90 Å². The van der Waals surface area contributed by atoms with E-state index in [-0.39, 0.29) is 5.41 Å². The average molecular weight is 564 g/mol. The predicted molar refractivity (Wildman–Crippen MR) is 187 cm³/mol. The van der Waals surface area contributed by atoms with Crippen LogP contribution in [0, 0.1) is 0 Å². The molecule has 0 saturated heterocycles. The third kappa shape index (κ3) is 4.08. The van der Waals surface area contributed by atoms with Crippen molar-refractivity contribution in [3.8, 4) is 33.4 Å². The van der Waals surface area contributed by atoms with E-state index in [1.54, 1.807) is 0 Å². The molecule has 0 heterocycles. The van der Waals surface area contributed by atoms with Crippen molar-refractivity contribution in [1.82, 2.24) is 0 Å². The highest BCUT2D eigenvalue weighted by Crippen LogP contribution is 2.55. The fourth-order valence-corrected chi connectivity index (χ4v) is 7.20. The van der Waals surface area contributed by atoms with Crippen molar-refractivity contribution in [1.29, 1.82) is 0 Å². The fraction of sp³-hybridized carbons (Fsp3) is 0.0698. The average Bonchev–Trinajstić information content (AvgIpc) is 3.32. The minimum atomic E-state index is -0.0915. The molecule has 0 atom stereocenters. The second-order valence-corrected chi connectivity index (χ2v) is 12.1. The zero-order valence-corrected chi connectivity index (χ0v) is 25.0. The Kier molecular flexibility index (Phi) is 6.20. The normalized spacial score (nSPS) is 13.0. The molecule has 1 aliphatic carbocycles. The molecular formula is C43H33N. The third-order valence-electron chi connectivity index (χ3n) is 9.28. The van der Waals surface area contributed by atoms with Gasteiger partial charge in [-0.15, -0.1) is 0 Å². The number of anilines is 3. The molecule has 0 aliphatic heterocycles. The van der Waals surface area contributed by atoms with Crippen LogP contribution in [0.25, 0.3) is 44.2 Å². The van der Waals surface area contributed by atoms with Gasteiger partial charge in [0.25, 0.3) is 0 Å². The first kappa shape index (κ1) is 26.2. The SMILES string of the molecule is CC1(C)c2ccccc2-c2c(N(c3ccccc3-c3ccccc3-c3ccccc3)c3cccc4ccccc34)cccc21. The summed E-state index contributed by atoms with van der Waals surface area (Å²) >= 11 is 0. The lowest BCUT2D eigenvalue weighted by molar-refractivity contribution is 0.660. The van der Waals surface area contributed by atoms with E-state index in [1.807, 2.05) is 0 Å². The van der Waals surface area contributed by atoms with Crippen LogP contribution in [-0.2, 0) is 5.41 Å². The van der Waals surface area contributed by atoms with Gasteiger partial charge in [0.2, 0.25) is 0 Å². The lowest BCUT2D eigenvalue weighted by Crippen LogP contribution is -2.16. The highest BCUT2D eigenvalue weighted by molar-refractivity contribution is 6.05. The number of hydrogen-bond acceptors (Lipinski definition) is 1. The summed E-state index contributed by atoms with van der Waals surface area (Å²) in [5.74, 6) is 0. The molecule has 210 valence electrons. The van der Waals surface area contributed by atoms with Crippen LogP contribution in [0.2, 0.25) is 0 Å². The minimum Gasteiger partial charge on any atom is -0.309 e. The van der Waals surface area contributed by atoms with E-state index in [0.29, 0.717) is 0 Å². The van der Waals surface area contributed by atoms with Gasteiger partial charge < -0.3 is 4.90 Å². The quantitative estimate of drug-likeness (QED) is 0.201. The Morgan fingerprint density at radius 1 is 0.386 bits per heavy atom. The Labute approximate surface area is 259 Å². The number of rotatable bonds is 5. The van der Waals surface area contributed by atoms with Crippen molar-refractivity contribution in [3.63, 3.8) is 0 Å². The second kappa shape index (κ2) is 10.4. The zero-order chi connectivity index (χ0) is 29.7. The third-order valence-corrected chi connectivity index (χ3v) is 9.28. The van der Waals surface area contributed by atoms with Crippen LogP contribution >= 0.6 is 0 Å². The van der Waals surface area contributed by atoms with Crippen LogP contribution in [-0.4, -0.2) is 0 Å². The minimum absolute atomic E-state index is 0.0915. The van der Waals surface area contributed by atoms with Crippen molar-refractivity contribution >= 4 is 27.8 Å². The number of benzene rings is 7. The highest BCUT2D eigenvalue weighted by atomic mass is 15.1. The molecule has 1 nitrogen and oxygen atoms in total. The summed E-state index contributed by atoms with van der Waals surface area (Å²) in [7, 11) is 0. The predicted octanol–water partition coefficient (Wildman–Crippen LogP) is 11.9. The van der Waals surface area contributed by atoms with Gasteiger partial charge in [-0.2, -0.15) is 0 Å². The van der Waals surface area contributed by atoms with Gasteiger partial charge in [-0.25, -0.2) is 0 Å². The van der Waals surface area contributed by atoms with E-state index in [0.717, 1.165) is 5.69 Å². The fourth-order valence-electron chi connectivity index (χ4n) is 7.20. The largest absolute Gasteiger partial charge is 0.309 e. The molecule has 0 unspecified atom stereocenters. The molecule has 8 rings (SSSR count). The van der Waals surface area contributed by atoms with Crippen molar-refractivity contribution < 1.29 is 0 Å². The molecule has 7 aromatic rings. The Hall–Kier alpha value is -5.40. The second-order valence-electron chi connectivity index (χ2n) is 12.1. The van der Waals surface area contributed by atoms with Crippen LogP contribution in [0.5, 0.6) is 0 Å². The summed E-state index contributed by atoms with van der Waals surface area (Å²) in [6.45, 7) is 4.71. The van der Waals surface area contributed by atoms with E-state index in [9.17, 15) is 0 Å². The van der Waals surface area contributed by atoms with Gasteiger partial charge in [-0.05, 0) is 57.0 Å². The Balaban J connectivity index is 1.46. The summed E-state index contributed by atoms with van der Waals surface area (Å²) in [6.07, 6.45) is 0. The maximum atomic E-state index is 2.51. The maximum Gasteiger partial charge on any atom is 0.0543 e. The lowest BCUT2D eigenvalue weighted by Gasteiger charge is -2.31.